The molecule has 0 saturated heterocycles. The number of fused-ring (bicyclic) bond motifs is 2. The van der Waals surface area contributed by atoms with Gasteiger partial charge in [0.2, 0.25) is 0 Å². The molecule has 4 heteroatoms. The molecule has 2 N–H and O–H groups in total. The van der Waals surface area contributed by atoms with Crippen LogP contribution in [0.5, 0.6) is 0 Å². The zero-order valence-corrected chi connectivity index (χ0v) is 28.3. The molecule has 0 fully saturated rings. The summed E-state index contributed by atoms with van der Waals surface area (Å²) >= 11 is 0. The van der Waals surface area contributed by atoms with Crippen molar-refractivity contribution in [1.82, 2.24) is 9.97 Å². The van der Waals surface area contributed by atoms with Crippen LogP contribution in [0.2, 0.25) is 0 Å². The number of hydrogen-bond donors (Lipinski definition) is 2. The van der Waals surface area contributed by atoms with Crippen LogP contribution in [0.15, 0.2) is 44.7 Å². The Balaban J connectivity index is 1.53. The predicted molar refractivity (Wildman–Crippen MR) is 185 cm³/mol. The van der Waals surface area contributed by atoms with Crippen molar-refractivity contribution in [2.45, 2.75) is 102 Å². The van der Waals surface area contributed by atoms with E-state index < -0.39 is 0 Å². The van der Waals surface area contributed by atoms with E-state index in [0.29, 0.717) is 11.8 Å². The third kappa shape index (κ3) is 3.74. The maximum atomic E-state index is 5.51. The van der Waals surface area contributed by atoms with Crippen LogP contribution in [0.4, 0.5) is 0 Å². The lowest BCUT2D eigenvalue weighted by molar-refractivity contribution is 0.365. The van der Waals surface area contributed by atoms with E-state index in [1.807, 2.05) is 0 Å². The third-order valence-electron chi connectivity index (χ3n) is 11.9. The molecule has 2 aromatic heterocycles. The maximum absolute atomic E-state index is 5.51. The fourth-order valence-corrected chi connectivity index (χ4v) is 9.28. The molecule has 43 heavy (non-hydrogen) atoms. The number of aliphatic imine (C=N–C) groups is 2. The molecule has 4 unspecified atom stereocenters. The van der Waals surface area contributed by atoms with Crippen molar-refractivity contribution in [2.75, 3.05) is 0 Å². The number of H-pyrrole nitrogens is 2. The number of hydrogen-bond acceptors (Lipinski definition) is 2. The molecular formula is C39H50N4. The van der Waals surface area contributed by atoms with Gasteiger partial charge in [-0.3, -0.25) is 9.98 Å². The fraction of sp³-hybridized carbons (Fsp3) is 0.487. The van der Waals surface area contributed by atoms with Gasteiger partial charge in [0.1, 0.15) is 0 Å². The Morgan fingerprint density at radius 2 is 1.49 bits per heavy atom. The quantitative estimate of drug-likeness (QED) is 0.349. The Bertz CT molecular complexity index is 1840. The fourth-order valence-electron chi connectivity index (χ4n) is 9.28. The first kappa shape index (κ1) is 29.7. The van der Waals surface area contributed by atoms with Gasteiger partial charge in [-0.1, -0.05) is 70.9 Å². The highest BCUT2D eigenvalue weighted by Gasteiger charge is 2.52. The molecule has 4 atom stereocenters. The van der Waals surface area contributed by atoms with E-state index in [-0.39, 0.29) is 10.8 Å². The largest absolute Gasteiger partial charge is 0.355 e. The Morgan fingerprint density at radius 1 is 0.837 bits per heavy atom. The molecular weight excluding hydrogens is 524 g/mol. The zero-order valence-electron chi connectivity index (χ0n) is 28.3. The molecule has 4 heterocycles. The Labute approximate surface area is 258 Å². The van der Waals surface area contributed by atoms with Gasteiger partial charge in [0, 0.05) is 56.8 Å². The molecule has 0 amide bonds. The molecule has 2 aliphatic heterocycles. The highest BCUT2D eigenvalue weighted by molar-refractivity contribution is 6.30. The second-order valence-electron chi connectivity index (χ2n) is 13.3. The van der Waals surface area contributed by atoms with Crippen molar-refractivity contribution in [2.24, 2.45) is 32.7 Å². The van der Waals surface area contributed by atoms with Gasteiger partial charge in [-0.15, -0.1) is 0 Å². The van der Waals surface area contributed by atoms with Crippen molar-refractivity contribution < 1.29 is 0 Å². The van der Waals surface area contributed by atoms with Crippen LogP contribution in [-0.2, 0) is 12.8 Å². The van der Waals surface area contributed by atoms with Crippen LogP contribution in [0.25, 0.3) is 23.3 Å². The van der Waals surface area contributed by atoms with Crippen LogP contribution >= 0.6 is 0 Å². The summed E-state index contributed by atoms with van der Waals surface area (Å²) in [4.78, 5) is 18.2. The normalized spacial score (nSPS) is 30.5. The molecule has 0 spiro atoms. The highest BCUT2D eigenvalue weighted by Crippen LogP contribution is 2.57. The zero-order chi connectivity index (χ0) is 31.0. The van der Waals surface area contributed by atoms with Crippen LogP contribution in [0.3, 0.4) is 0 Å². The van der Waals surface area contributed by atoms with Crippen LogP contribution in [0.1, 0.15) is 109 Å². The molecule has 6 rings (SSSR count). The van der Waals surface area contributed by atoms with E-state index in [2.05, 4.69) is 117 Å². The molecule has 4 aliphatic rings. The van der Waals surface area contributed by atoms with Gasteiger partial charge in [-0.2, -0.15) is 0 Å². The van der Waals surface area contributed by atoms with Crippen LogP contribution < -0.4 is 10.7 Å². The Morgan fingerprint density at radius 3 is 2.09 bits per heavy atom. The molecule has 4 nitrogen and oxygen atoms in total. The number of nitrogens with one attached hydrogen (secondary N) is 2. The van der Waals surface area contributed by atoms with Gasteiger partial charge in [-0.05, 0) is 88.6 Å². The Hall–Kier alpha value is -3.40. The standard InChI is InChI=1S/C39H50N4/c1-12-27-24(9)35(41-31(27)14-3)30-18-22(7)39(16-5)26(11)32(43-37(30)39)19-33-28(13-2)25(10)34(42-33)29-17-21(6)38(15-4)23(8)20-40-36(29)38/h14,17-20,23,26,41-42H,12-13,15-16H2,1-11H3/b31-14-,32-19-,35-30-. The molecule has 0 aromatic carbocycles. The van der Waals surface area contributed by atoms with Crippen molar-refractivity contribution >= 4 is 35.2 Å². The van der Waals surface area contributed by atoms with Crippen molar-refractivity contribution in [1.29, 1.82) is 0 Å². The van der Waals surface area contributed by atoms with E-state index in [1.54, 1.807) is 0 Å². The monoisotopic (exact) mass is 574 g/mol. The second-order valence-corrected chi connectivity index (χ2v) is 13.3. The molecule has 0 saturated carbocycles. The SMILES string of the molecule is C/C=c1\[nH]/c(=C2/C=C(C)C3(CC)C2=N/C(=C\c2[nH]c(C4=C5N=CC(C)C5(CC)C(C)=C4)c(C)c2CC)C3C)c(C)c1CC. The van der Waals surface area contributed by atoms with E-state index >= 15 is 0 Å². The first-order chi connectivity index (χ1) is 20.5. The van der Waals surface area contributed by atoms with E-state index in [0.717, 1.165) is 25.7 Å². The molecule has 2 aromatic rings. The summed E-state index contributed by atoms with van der Waals surface area (Å²) in [6.07, 6.45) is 15.6. The van der Waals surface area contributed by atoms with Crippen LogP contribution in [0, 0.1) is 36.5 Å². The lowest BCUT2D eigenvalue weighted by Gasteiger charge is -2.31. The van der Waals surface area contributed by atoms with E-state index in [9.17, 15) is 0 Å². The number of aromatic amines is 2. The minimum Gasteiger partial charge on any atom is -0.355 e. The number of rotatable bonds is 6. The number of aromatic nitrogens is 2. The lowest BCUT2D eigenvalue weighted by Crippen LogP contribution is -2.32. The predicted octanol–water partition coefficient (Wildman–Crippen LogP) is 8.31. The van der Waals surface area contributed by atoms with Gasteiger partial charge in [0.05, 0.1) is 22.5 Å². The summed E-state index contributed by atoms with van der Waals surface area (Å²) < 4.78 is 0. The van der Waals surface area contributed by atoms with Crippen molar-refractivity contribution in [3.63, 3.8) is 0 Å². The average Bonchev–Trinajstić information content (AvgIpc) is 3.79. The first-order valence-electron chi connectivity index (χ1n) is 16.6. The summed E-state index contributed by atoms with van der Waals surface area (Å²) in [5.41, 5.74) is 17.0. The molecule has 2 aliphatic carbocycles. The van der Waals surface area contributed by atoms with Gasteiger partial charge in [0.15, 0.2) is 0 Å². The smallest absolute Gasteiger partial charge is 0.0609 e. The van der Waals surface area contributed by atoms with Crippen LogP contribution in [-0.4, -0.2) is 21.9 Å². The average molecular weight is 575 g/mol. The summed E-state index contributed by atoms with van der Waals surface area (Å²) in [5, 5.41) is 2.48. The summed E-state index contributed by atoms with van der Waals surface area (Å²) in [5.74, 6) is 0.716. The third-order valence-corrected chi connectivity index (χ3v) is 11.9. The molecule has 0 bridgehead atoms. The Kier molecular flexibility index (Phi) is 7.14. The summed E-state index contributed by atoms with van der Waals surface area (Å²) in [6, 6.07) is 0. The van der Waals surface area contributed by atoms with E-state index in [1.165, 1.54) is 83.7 Å². The lowest BCUT2D eigenvalue weighted by atomic mass is 9.69. The first-order valence-corrected chi connectivity index (χ1v) is 16.6. The molecule has 226 valence electrons. The van der Waals surface area contributed by atoms with Crippen molar-refractivity contribution in [3.05, 3.63) is 79.0 Å². The number of allylic oxidation sites excluding steroid dienone is 6. The van der Waals surface area contributed by atoms with Crippen molar-refractivity contribution in [3.8, 4) is 0 Å². The molecule has 0 radical (unpaired) electrons. The summed E-state index contributed by atoms with van der Waals surface area (Å²) in [6.45, 7) is 25.2. The van der Waals surface area contributed by atoms with Gasteiger partial charge >= 0.3 is 0 Å². The maximum Gasteiger partial charge on any atom is 0.0609 e. The van der Waals surface area contributed by atoms with Gasteiger partial charge in [-0.25, -0.2) is 0 Å². The number of nitrogens with zero attached hydrogens (tertiary/aromatic N) is 2. The minimum absolute atomic E-state index is 0.0356. The summed E-state index contributed by atoms with van der Waals surface area (Å²) in [7, 11) is 0. The second kappa shape index (κ2) is 10.4. The highest BCUT2D eigenvalue weighted by atomic mass is 14.9. The minimum atomic E-state index is -0.0661. The topological polar surface area (TPSA) is 56.3 Å². The van der Waals surface area contributed by atoms with Gasteiger partial charge < -0.3 is 9.97 Å². The van der Waals surface area contributed by atoms with Gasteiger partial charge in [0.25, 0.3) is 0 Å². The van der Waals surface area contributed by atoms with E-state index in [4.69, 9.17) is 9.98 Å².